The molecule has 2 heteroatoms. The van der Waals surface area contributed by atoms with Gasteiger partial charge in [-0.3, -0.25) is 4.79 Å². The lowest BCUT2D eigenvalue weighted by molar-refractivity contribution is -0.111. The SMILES string of the molecule is CC=Cc1cccc(NC(=O)C=CCC)c1. The lowest BCUT2D eigenvalue weighted by Gasteiger charge is -2.02. The van der Waals surface area contributed by atoms with E-state index in [1.54, 1.807) is 6.08 Å². The summed E-state index contributed by atoms with van der Waals surface area (Å²) in [6, 6.07) is 7.74. The van der Waals surface area contributed by atoms with Crippen molar-refractivity contribution in [3.05, 3.63) is 48.1 Å². The minimum atomic E-state index is -0.0838. The zero-order valence-electron chi connectivity index (χ0n) is 9.73. The monoisotopic (exact) mass is 215 g/mol. The molecule has 0 saturated heterocycles. The second-order valence-corrected chi connectivity index (χ2v) is 3.43. The van der Waals surface area contributed by atoms with Gasteiger partial charge in [-0.1, -0.05) is 37.3 Å². The Labute approximate surface area is 96.7 Å². The zero-order valence-corrected chi connectivity index (χ0v) is 9.73. The zero-order chi connectivity index (χ0) is 11.8. The van der Waals surface area contributed by atoms with E-state index in [4.69, 9.17) is 0 Å². The molecule has 0 aliphatic heterocycles. The molecule has 0 atom stereocenters. The molecule has 1 N–H and O–H groups in total. The summed E-state index contributed by atoms with van der Waals surface area (Å²) in [5, 5.41) is 2.82. The summed E-state index contributed by atoms with van der Waals surface area (Å²) in [5.74, 6) is -0.0838. The average molecular weight is 215 g/mol. The Morgan fingerprint density at radius 3 is 2.94 bits per heavy atom. The summed E-state index contributed by atoms with van der Waals surface area (Å²) in [6.07, 6.45) is 8.23. The molecule has 0 bridgehead atoms. The van der Waals surface area contributed by atoms with E-state index in [1.165, 1.54) is 0 Å². The number of carbonyl (C=O) groups excluding carboxylic acids is 1. The fourth-order valence-electron chi connectivity index (χ4n) is 1.32. The van der Waals surface area contributed by atoms with Gasteiger partial charge in [0.2, 0.25) is 5.91 Å². The Bertz CT molecular complexity index is 405. The highest BCUT2D eigenvalue weighted by molar-refractivity contribution is 5.99. The predicted molar refractivity (Wildman–Crippen MR) is 69.2 cm³/mol. The number of benzene rings is 1. The highest BCUT2D eigenvalue weighted by Crippen LogP contribution is 2.11. The van der Waals surface area contributed by atoms with E-state index < -0.39 is 0 Å². The van der Waals surface area contributed by atoms with Crippen molar-refractivity contribution in [3.63, 3.8) is 0 Å². The fourth-order valence-corrected chi connectivity index (χ4v) is 1.32. The topological polar surface area (TPSA) is 29.1 Å². The van der Waals surface area contributed by atoms with Gasteiger partial charge in [0.25, 0.3) is 0 Å². The summed E-state index contributed by atoms with van der Waals surface area (Å²) >= 11 is 0. The molecular formula is C14H17NO. The van der Waals surface area contributed by atoms with Crippen LogP contribution in [0.2, 0.25) is 0 Å². The van der Waals surface area contributed by atoms with E-state index in [2.05, 4.69) is 5.32 Å². The van der Waals surface area contributed by atoms with Crippen LogP contribution in [0.1, 0.15) is 25.8 Å². The van der Waals surface area contributed by atoms with Crippen LogP contribution in [0.3, 0.4) is 0 Å². The minimum Gasteiger partial charge on any atom is -0.323 e. The number of nitrogens with one attached hydrogen (secondary N) is 1. The molecule has 1 aromatic rings. The summed E-state index contributed by atoms with van der Waals surface area (Å²) in [4.78, 5) is 11.4. The minimum absolute atomic E-state index is 0.0838. The smallest absolute Gasteiger partial charge is 0.248 e. The van der Waals surface area contributed by atoms with Crippen LogP contribution in [0.5, 0.6) is 0 Å². The Balaban J connectivity index is 2.70. The molecule has 0 aliphatic rings. The van der Waals surface area contributed by atoms with E-state index in [-0.39, 0.29) is 5.91 Å². The highest BCUT2D eigenvalue weighted by Gasteiger charge is 1.97. The van der Waals surface area contributed by atoms with Gasteiger partial charge in [0, 0.05) is 5.69 Å². The molecule has 0 radical (unpaired) electrons. The number of rotatable bonds is 4. The van der Waals surface area contributed by atoms with Gasteiger partial charge in [-0.05, 0) is 37.1 Å². The third-order valence-electron chi connectivity index (χ3n) is 2.02. The lowest BCUT2D eigenvalue weighted by Crippen LogP contribution is -2.07. The first-order valence-corrected chi connectivity index (χ1v) is 5.46. The van der Waals surface area contributed by atoms with Gasteiger partial charge in [0.15, 0.2) is 0 Å². The Morgan fingerprint density at radius 2 is 2.25 bits per heavy atom. The molecule has 0 aliphatic carbocycles. The van der Waals surface area contributed by atoms with Crippen LogP contribution in [0.25, 0.3) is 6.08 Å². The van der Waals surface area contributed by atoms with Gasteiger partial charge in [-0.25, -0.2) is 0 Å². The van der Waals surface area contributed by atoms with Crippen LogP contribution in [-0.4, -0.2) is 5.91 Å². The molecule has 1 rings (SSSR count). The second-order valence-electron chi connectivity index (χ2n) is 3.43. The van der Waals surface area contributed by atoms with Crippen molar-refractivity contribution >= 4 is 17.7 Å². The summed E-state index contributed by atoms with van der Waals surface area (Å²) in [7, 11) is 0. The molecule has 0 saturated carbocycles. The summed E-state index contributed by atoms with van der Waals surface area (Å²) < 4.78 is 0. The van der Waals surface area contributed by atoms with Crippen molar-refractivity contribution < 1.29 is 4.79 Å². The Hall–Kier alpha value is -1.83. The lowest BCUT2D eigenvalue weighted by atomic mass is 10.2. The normalized spacial score (nSPS) is 11.1. The van der Waals surface area contributed by atoms with Gasteiger partial charge in [-0.2, -0.15) is 0 Å². The second kappa shape index (κ2) is 6.62. The van der Waals surface area contributed by atoms with E-state index >= 15 is 0 Å². The van der Waals surface area contributed by atoms with Gasteiger partial charge in [-0.15, -0.1) is 0 Å². The van der Waals surface area contributed by atoms with Crippen molar-refractivity contribution in [2.45, 2.75) is 20.3 Å². The highest BCUT2D eigenvalue weighted by atomic mass is 16.1. The quantitative estimate of drug-likeness (QED) is 0.763. The maximum absolute atomic E-state index is 11.4. The van der Waals surface area contributed by atoms with Crippen molar-refractivity contribution in [2.24, 2.45) is 0 Å². The van der Waals surface area contributed by atoms with E-state index in [9.17, 15) is 4.79 Å². The van der Waals surface area contributed by atoms with Crippen molar-refractivity contribution in [1.82, 2.24) is 0 Å². The van der Waals surface area contributed by atoms with Crippen molar-refractivity contribution in [1.29, 1.82) is 0 Å². The molecular weight excluding hydrogens is 198 g/mol. The fraction of sp³-hybridized carbons (Fsp3) is 0.214. The predicted octanol–water partition coefficient (Wildman–Crippen LogP) is 3.62. The molecule has 0 spiro atoms. The first-order valence-electron chi connectivity index (χ1n) is 5.46. The van der Waals surface area contributed by atoms with Crippen LogP contribution in [-0.2, 0) is 4.79 Å². The van der Waals surface area contributed by atoms with Gasteiger partial charge < -0.3 is 5.32 Å². The number of hydrogen-bond donors (Lipinski definition) is 1. The molecule has 0 heterocycles. The number of allylic oxidation sites excluding steroid dienone is 2. The van der Waals surface area contributed by atoms with Crippen LogP contribution in [0, 0.1) is 0 Å². The maximum atomic E-state index is 11.4. The maximum Gasteiger partial charge on any atom is 0.248 e. The average Bonchev–Trinajstić information content (AvgIpc) is 2.27. The Kier molecular flexibility index (Phi) is 5.06. The van der Waals surface area contributed by atoms with E-state index in [0.29, 0.717) is 0 Å². The molecule has 0 aromatic heterocycles. The first kappa shape index (κ1) is 12.2. The molecule has 84 valence electrons. The van der Waals surface area contributed by atoms with Crippen LogP contribution in [0.15, 0.2) is 42.5 Å². The third-order valence-corrected chi connectivity index (χ3v) is 2.02. The first-order chi connectivity index (χ1) is 7.76. The Morgan fingerprint density at radius 1 is 1.44 bits per heavy atom. The van der Waals surface area contributed by atoms with Gasteiger partial charge in [0.05, 0.1) is 0 Å². The molecule has 2 nitrogen and oxygen atoms in total. The van der Waals surface area contributed by atoms with Gasteiger partial charge >= 0.3 is 0 Å². The largest absolute Gasteiger partial charge is 0.323 e. The van der Waals surface area contributed by atoms with E-state index in [1.807, 2.05) is 56.3 Å². The van der Waals surface area contributed by atoms with E-state index in [0.717, 1.165) is 17.7 Å². The molecule has 0 unspecified atom stereocenters. The van der Waals surface area contributed by atoms with Crippen LogP contribution in [0.4, 0.5) is 5.69 Å². The number of hydrogen-bond acceptors (Lipinski definition) is 1. The standard InChI is InChI=1S/C14H17NO/c1-3-5-10-14(16)15-13-9-6-8-12(11-13)7-4-2/h4-11H,3H2,1-2H3,(H,15,16). The van der Waals surface area contributed by atoms with Gasteiger partial charge in [0.1, 0.15) is 0 Å². The molecule has 16 heavy (non-hydrogen) atoms. The molecule has 1 amide bonds. The number of anilines is 1. The van der Waals surface area contributed by atoms with Crippen molar-refractivity contribution in [3.8, 4) is 0 Å². The molecule has 0 fully saturated rings. The number of carbonyl (C=O) groups is 1. The number of amides is 1. The summed E-state index contributed by atoms with van der Waals surface area (Å²) in [5.41, 5.74) is 1.90. The third kappa shape index (κ3) is 4.13. The van der Waals surface area contributed by atoms with Crippen LogP contribution >= 0.6 is 0 Å². The van der Waals surface area contributed by atoms with Crippen LogP contribution < -0.4 is 5.32 Å². The summed E-state index contributed by atoms with van der Waals surface area (Å²) in [6.45, 7) is 3.96. The van der Waals surface area contributed by atoms with Crippen molar-refractivity contribution in [2.75, 3.05) is 5.32 Å². The molecule has 1 aromatic carbocycles.